The van der Waals surface area contributed by atoms with Gasteiger partial charge in [-0.15, -0.1) is 0 Å². The van der Waals surface area contributed by atoms with E-state index in [9.17, 15) is 4.79 Å². The minimum atomic E-state index is -0.115. The van der Waals surface area contributed by atoms with Gasteiger partial charge < -0.3 is 10.1 Å². The Morgan fingerprint density at radius 1 is 1.25 bits per heavy atom. The van der Waals surface area contributed by atoms with Crippen molar-refractivity contribution in [2.75, 3.05) is 25.6 Å². The van der Waals surface area contributed by atoms with Crippen LogP contribution in [0.5, 0.6) is 0 Å². The number of amides is 1. The number of fused-ring (bicyclic) bond motifs is 3. The van der Waals surface area contributed by atoms with Crippen LogP contribution in [0.3, 0.4) is 0 Å². The van der Waals surface area contributed by atoms with Gasteiger partial charge in [0.25, 0.3) is 0 Å². The van der Waals surface area contributed by atoms with E-state index in [4.69, 9.17) is 14.8 Å². The fourth-order valence-corrected chi connectivity index (χ4v) is 6.14. The summed E-state index contributed by atoms with van der Waals surface area (Å²) in [5.41, 5.74) is 7.46. The standard InChI is InChI=1S/C27H28N6O2S/c1-17(34)29-27-30-23-10-9-22-24(19-4-3-12-28-14-19)31-33(25(22)26(23)36-27)20-7-5-18(6-8-20)15-32(2)21-11-13-35-16-21/h3-8,12,14,21H,9-11,13,15-16H2,1-2H3,(H,29,30,34). The van der Waals surface area contributed by atoms with Gasteiger partial charge >= 0.3 is 0 Å². The Kier molecular flexibility index (Phi) is 6.12. The highest BCUT2D eigenvalue weighted by Gasteiger charge is 2.30. The molecule has 9 heteroatoms. The molecule has 1 atom stereocenters. The normalized spacial score (nSPS) is 16.7. The van der Waals surface area contributed by atoms with E-state index < -0.39 is 0 Å². The Labute approximate surface area is 214 Å². The van der Waals surface area contributed by atoms with Crippen molar-refractivity contribution < 1.29 is 9.53 Å². The molecule has 4 heterocycles. The van der Waals surface area contributed by atoms with E-state index in [1.165, 1.54) is 29.4 Å². The first-order chi connectivity index (χ1) is 17.6. The highest BCUT2D eigenvalue weighted by atomic mass is 32.1. The number of ether oxygens (including phenoxy) is 1. The molecule has 4 aromatic rings. The van der Waals surface area contributed by atoms with Crippen LogP contribution in [0.4, 0.5) is 5.13 Å². The predicted molar refractivity (Wildman–Crippen MR) is 140 cm³/mol. The number of thiazole rings is 1. The molecule has 0 bridgehead atoms. The molecule has 0 radical (unpaired) electrons. The third-order valence-electron chi connectivity index (χ3n) is 6.87. The second kappa shape index (κ2) is 9.57. The molecule has 2 aliphatic rings. The van der Waals surface area contributed by atoms with E-state index >= 15 is 0 Å². The van der Waals surface area contributed by atoms with Crippen LogP contribution < -0.4 is 5.32 Å². The van der Waals surface area contributed by atoms with E-state index in [1.807, 2.05) is 16.9 Å². The maximum Gasteiger partial charge on any atom is 0.223 e. The number of anilines is 1. The second-order valence-corrected chi connectivity index (χ2v) is 10.4. The number of rotatable bonds is 6. The van der Waals surface area contributed by atoms with E-state index in [-0.39, 0.29) is 5.91 Å². The highest BCUT2D eigenvalue weighted by molar-refractivity contribution is 7.19. The minimum Gasteiger partial charge on any atom is -0.380 e. The molecule has 184 valence electrons. The number of benzene rings is 1. The summed E-state index contributed by atoms with van der Waals surface area (Å²) >= 11 is 1.51. The highest BCUT2D eigenvalue weighted by Crippen LogP contribution is 2.44. The lowest BCUT2D eigenvalue weighted by Crippen LogP contribution is -2.31. The molecule has 1 fully saturated rings. The SMILES string of the molecule is CC(=O)Nc1nc2c(s1)-c1c(c(-c3cccnc3)nn1-c1ccc(CN(C)C3CCOC3)cc1)CC2. The molecule has 3 aromatic heterocycles. The van der Waals surface area contributed by atoms with E-state index in [2.05, 4.69) is 52.6 Å². The average Bonchev–Trinajstić information content (AvgIpc) is 3.63. The lowest BCUT2D eigenvalue weighted by molar-refractivity contribution is -0.114. The number of pyridine rings is 1. The number of aromatic nitrogens is 4. The Morgan fingerprint density at radius 3 is 2.83 bits per heavy atom. The largest absolute Gasteiger partial charge is 0.380 e. The monoisotopic (exact) mass is 500 g/mol. The van der Waals surface area contributed by atoms with Crippen LogP contribution in [0, 0.1) is 0 Å². The Hall–Kier alpha value is -3.40. The van der Waals surface area contributed by atoms with Crippen molar-refractivity contribution >= 4 is 22.4 Å². The van der Waals surface area contributed by atoms with Crippen LogP contribution in [0.15, 0.2) is 48.8 Å². The van der Waals surface area contributed by atoms with Crippen LogP contribution in [0.2, 0.25) is 0 Å². The molecule has 1 unspecified atom stereocenters. The van der Waals surface area contributed by atoms with Crippen molar-refractivity contribution in [3.8, 4) is 27.5 Å². The average molecular weight is 501 g/mol. The van der Waals surface area contributed by atoms with Gasteiger partial charge in [0, 0.05) is 49.6 Å². The van der Waals surface area contributed by atoms with Crippen LogP contribution in [0.25, 0.3) is 27.5 Å². The van der Waals surface area contributed by atoms with Gasteiger partial charge in [0.15, 0.2) is 5.13 Å². The molecule has 0 spiro atoms. The van der Waals surface area contributed by atoms with Gasteiger partial charge in [0.1, 0.15) is 0 Å². The smallest absolute Gasteiger partial charge is 0.223 e. The number of hydrogen-bond acceptors (Lipinski definition) is 7. The summed E-state index contributed by atoms with van der Waals surface area (Å²) < 4.78 is 7.58. The van der Waals surface area contributed by atoms with Crippen molar-refractivity contribution in [3.05, 3.63) is 65.6 Å². The van der Waals surface area contributed by atoms with Gasteiger partial charge in [-0.1, -0.05) is 23.5 Å². The summed E-state index contributed by atoms with van der Waals surface area (Å²) in [7, 11) is 2.16. The molecule has 6 rings (SSSR count). The number of carbonyl (C=O) groups is 1. The molecule has 1 saturated heterocycles. The molecule has 1 N–H and O–H groups in total. The third kappa shape index (κ3) is 4.34. The minimum absolute atomic E-state index is 0.115. The summed E-state index contributed by atoms with van der Waals surface area (Å²) in [5.74, 6) is -0.115. The first-order valence-electron chi connectivity index (χ1n) is 12.2. The summed E-state index contributed by atoms with van der Waals surface area (Å²) in [6, 6.07) is 13.1. The maximum atomic E-state index is 11.7. The number of hydrogen-bond donors (Lipinski definition) is 1. The van der Waals surface area contributed by atoms with Crippen molar-refractivity contribution in [1.29, 1.82) is 0 Å². The maximum absolute atomic E-state index is 11.7. The van der Waals surface area contributed by atoms with Gasteiger partial charge in [-0.05, 0) is 56.1 Å². The Bertz CT molecular complexity index is 1390. The number of nitrogens with zero attached hydrogens (tertiary/aromatic N) is 5. The molecule has 8 nitrogen and oxygen atoms in total. The van der Waals surface area contributed by atoms with Gasteiger partial charge in [0.2, 0.25) is 5.91 Å². The van der Waals surface area contributed by atoms with E-state index in [1.54, 1.807) is 6.20 Å². The lowest BCUT2D eigenvalue weighted by Gasteiger charge is -2.23. The van der Waals surface area contributed by atoms with Crippen molar-refractivity contribution in [3.63, 3.8) is 0 Å². The first-order valence-corrected chi connectivity index (χ1v) is 13.1. The summed E-state index contributed by atoms with van der Waals surface area (Å²) in [5, 5.41) is 8.58. The topological polar surface area (TPSA) is 85.2 Å². The first kappa shape index (κ1) is 23.0. The van der Waals surface area contributed by atoms with Crippen LogP contribution in [0.1, 0.15) is 30.2 Å². The second-order valence-electron chi connectivity index (χ2n) is 9.40. The lowest BCUT2D eigenvalue weighted by atomic mass is 9.95. The Morgan fingerprint density at radius 2 is 2.11 bits per heavy atom. The fourth-order valence-electron chi connectivity index (χ4n) is 5.03. The van der Waals surface area contributed by atoms with Gasteiger partial charge in [-0.3, -0.25) is 14.7 Å². The number of aryl methyl sites for hydroxylation is 1. The summed E-state index contributed by atoms with van der Waals surface area (Å²) in [4.78, 5) is 24.1. The van der Waals surface area contributed by atoms with Gasteiger partial charge in [-0.2, -0.15) is 5.10 Å². The molecular formula is C27H28N6O2S. The molecule has 36 heavy (non-hydrogen) atoms. The van der Waals surface area contributed by atoms with Crippen molar-refractivity contribution in [2.24, 2.45) is 0 Å². The summed E-state index contributed by atoms with van der Waals surface area (Å²) in [6.45, 7) is 4.05. The van der Waals surface area contributed by atoms with Crippen LogP contribution in [-0.2, 0) is 28.9 Å². The zero-order valence-electron chi connectivity index (χ0n) is 20.4. The number of likely N-dealkylation sites (N-methyl/N-ethyl adjacent to an activating group) is 1. The van der Waals surface area contributed by atoms with Crippen LogP contribution in [-0.4, -0.2) is 56.9 Å². The van der Waals surface area contributed by atoms with Crippen molar-refractivity contribution in [1.82, 2.24) is 24.6 Å². The third-order valence-corrected chi connectivity index (χ3v) is 7.89. The molecule has 0 saturated carbocycles. The molecule has 1 amide bonds. The molecular weight excluding hydrogens is 472 g/mol. The molecule has 1 aliphatic heterocycles. The zero-order chi connectivity index (χ0) is 24.6. The van der Waals surface area contributed by atoms with Crippen LogP contribution >= 0.6 is 11.3 Å². The molecule has 1 aromatic carbocycles. The molecule has 1 aliphatic carbocycles. The predicted octanol–water partition coefficient (Wildman–Crippen LogP) is 4.34. The van der Waals surface area contributed by atoms with Crippen molar-refractivity contribution in [2.45, 2.75) is 38.8 Å². The van der Waals surface area contributed by atoms with Gasteiger partial charge in [-0.25, -0.2) is 9.67 Å². The van der Waals surface area contributed by atoms with E-state index in [0.717, 1.165) is 72.2 Å². The van der Waals surface area contributed by atoms with Gasteiger partial charge in [0.05, 0.1) is 34.3 Å². The quantitative estimate of drug-likeness (QED) is 0.424. The number of nitrogens with one attached hydrogen (secondary N) is 1. The number of carbonyl (C=O) groups excluding carboxylic acids is 1. The van der Waals surface area contributed by atoms with E-state index in [0.29, 0.717) is 11.2 Å². The summed E-state index contributed by atoms with van der Waals surface area (Å²) in [6.07, 6.45) is 6.38. The Balaban J connectivity index is 1.39. The fraction of sp³-hybridized carbons (Fsp3) is 0.333. The zero-order valence-corrected chi connectivity index (χ0v) is 21.2.